The molecule has 42 valence electrons. The van der Waals surface area contributed by atoms with Crippen LogP contribution in [0, 0.1) is 5.41 Å². The Hall–Kier alpha value is -0.730. The Morgan fingerprint density at radius 3 is 2.00 bits per heavy atom. The van der Waals surface area contributed by atoms with Gasteiger partial charge < -0.3 is 9.64 Å². The summed E-state index contributed by atoms with van der Waals surface area (Å²) in [4.78, 5) is 1.58. The number of ether oxygens (including phenoxy) is 1. The van der Waals surface area contributed by atoms with Gasteiger partial charge in [-0.05, 0) is 0 Å². The smallest absolute Gasteiger partial charge is 0.283 e. The molecule has 0 aliphatic heterocycles. The molecule has 0 aromatic carbocycles. The van der Waals surface area contributed by atoms with Crippen molar-refractivity contribution in [3.8, 4) is 0 Å². The molecule has 3 nitrogen and oxygen atoms in total. The third-order valence-corrected chi connectivity index (χ3v) is 0.600. The van der Waals surface area contributed by atoms with E-state index in [9.17, 15) is 0 Å². The fourth-order valence-corrected chi connectivity index (χ4v) is 0.183. The van der Waals surface area contributed by atoms with Gasteiger partial charge in [0.05, 0.1) is 7.11 Å². The monoisotopic (exact) mass is 102 g/mol. The Balaban J connectivity index is 3.35. The van der Waals surface area contributed by atoms with Gasteiger partial charge in [-0.25, -0.2) is 0 Å². The van der Waals surface area contributed by atoms with Crippen LogP contribution in [-0.4, -0.2) is 32.1 Å². The predicted octanol–water partition coefficient (Wildman–Crippen LogP) is 0.129. The maximum absolute atomic E-state index is 6.90. The van der Waals surface area contributed by atoms with E-state index in [1.807, 2.05) is 0 Å². The van der Waals surface area contributed by atoms with Crippen molar-refractivity contribution in [3.05, 3.63) is 0 Å². The van der Waals surface area contributed by atoms with Gasteiger partial charge in [0, 0.05) is 14.1 Å². The van der Waals surface area contributed by atoms with Gasteiger partial charge in [-0.1, -0.05) is 0 Å². The Labute approximate surface area is 43.4 Å². The molecule has 0 aliphatic rings. The van der Waals surface area contributed by atoms with Crippen LogP contribution in [0.4, 0.5) is 0 Å². The molecule has 3 heteroatoms. The van der Waals surface area contributed by atoms with E-state index in [1.54, 1.807) is 19.0 Å². The van der Waals surface area contributed by atoms with E-state index in [0.29, 0.717) is 0 Å². The molecule has 1 N–H and O–H groups in total. The molecule has 0 spiro atoms. The lowest BCUT2D eigenvalue weighted by atomic mass is 10.9. The lowest BCUT2D eigenvalue weighted by molar-refractivity contribution is 0.326. The summed E-state index contributed by atoms with van der Waals surface area (Å²) in [6, 6.07) is 0.181. The highest BCUT2D eigenvalue weighted by Gasteiger charge is 1.91. The van der Waals surface area contributed by atoms with Crippen molar-refractivity contribution < 1.29 is 4.74 Å². The standard InChI is InChI=1S/C4H10N2O/c1-6(2)4(5)7-3/h5H,1-3H3. The highest BCUT2D eigenvalue weighted by Crippen LogP contribution is 1.75. The fourth-order valence-electron chi connectivity index (χ4n) is 0.183. The Morgan fingerprint density at radius 2 is 2.00 bits per heavy atom. The topological polar surface area (TPSA) is 36.3 Å². The van der Waals surface area contributed by atoms with E-state index in [0.717, 1.165) is 0 Å². The second-order valence-electron chi connectivity index (χ2n) is 1.40. The molecule has 0 unspecified atom stereocenters. The molecule has 0 bridgehead atoms. The van der Waals surface area contributed by atoms with Crippen molar-refractivity contribution in [3.63, 3.8) is 0 Å². The quantitative estimate of drug-likeness (QED) is 0.348. The zero-order valence-corrected chi connectivity index (χ0v) is 4.86. The second-order valence-corrected chi connectivity index (χ2v) is 1.40. The minimum Gasteiger partial charge on any atom is -0.469 e. The third-order valence-electron chi connectivity index (χ3n) is 0.600. The van der Waals surface area contributed by atoms with Crippen LogP contribution in [0.5, 0.6) is 0 Å². The molecule has 0 saturated carbocycles. The van der Waals surface area contributed by atoms with Gasteiger partial charge in [0.15, 0.2) is 0 Å². The number of rotatable bonds is 0. The Kier molecular flexibility index (Phi) is 2.19. The van der Waals surface area contributed by atoms with Crippen LogP contribution in [0.3, 0.4) is 0 Å². The largest absolute Gasteiger partial charge is 0.469 e. The molecule has 0 atom stereocenters. The molecule has 0 radical (unpaired) electrons. The SMILES string of the molecule is COC(=N)N(C)C. The molecular formula is C4H10N2O. The average molecular weight is 102 g/mol. The summed E-state index contributed by atoms with van der Waals surface area (Å²) in [6.45, 7) is 0. The number of methoxy groups -OCH3 is 1. The number of hydrogen-bond donors (Lipinski definition) is 1. The molecule has 0 aromatic heterocycles. The maximum atomic E-state index is 6.90. The van der Waals surface area contributed by atoms with Crippen LogP contribution in [0.2, 0.25) is 0 Å². The molecule has 0 aromatic rings. The summed E-state index contributed by atoms with van der Waals surface area (Å²) in [7, 11) is 4.99. The minimum atomic E-state index is 0.181. The molecule has 0 heterocycles. The normalized spacial score (nSPS) is 7.86. The highest BCUT2D eigenvalue weighted by atomic mass is 16.5. The van der Waals surface area contributed by atoms with E-state index in [2.05, 4.69) is 4.74 Å². The molecule has 0 rings (SSSR count). The van der Waals surface area contributed by atoms with Gasteiger partial charge in [-0.15, -0.1) is 0 Å². The summed E-state index contributed by atoms with van der Waals surface area (Å²) in [5.41, 5.74) is 0. The molecule has 0 aliphatic carbocycles. The maximum Gasteiger partial charge on any atom is 0.283 e. The molecule has 0 fully saturated rings. The van der Waals surface area contributed by atoms with Crippen LogP contribution in [0.15, 0.2) is 0 Å². The summed E-state index contributed by atoms with van der Waals surface area (Å²) in [6.07, 6.45) is 0. The lowest BCUT2D eigenvalue weighted by Crippen LogP contribution is -2.21. The summed E-state index contributed by atoms with van der Waals surface area (Å²) in [5, 5.41) is 6.90. The number of nitrogens with zero attached hydrogens (tertiary/aromatic N) is 1. The highest BCUT2D eigenvalue weighted by molar-refractivity contribution is 5.69. The summed E-state index contributed by atoms with van der Waals surface area (Å²) < 4.78 is 4.52. The first-order valence-corrected chi connectivity index (χ1v) is 1.98. The first-order chi connectivity index (χ1) is 3.18. The number of hydrogen-bond acceptors (Lipinski definition) is 2. The van der Waals surface area contributed by atoms with Crippen molar-refractivity contribution in [1.29, 1.82) is 5.41 Å². The average Bonchev–Trinajstić information content (AvgIpc) is 1.65. The van der Waals surface area contributed by atoms with Gasteiger partial charge in [0.1, 0.15) is 0 Å². The second kappa shape index (κ2) is 2.44. The molecule has 7 heavy (non-hydrogen) atoms. The van der Waals surface area contributed by atoms with Crippen LogP contribution in [0.25, 0.3) is 0 Å². The van der Waals surface area contributed by atoms with Crippen LogP contribution < -0.4 is 0 Å². The van der Waals surface area contributed by atoms with E-state index in [1.165, 1.54) is 7.11 Å². The lowest BCUT2D eigenvalue weighted by Gasteiger charge is -2.09. The molecular weight excluding hydrogens is 92.1 g/mol. The Bertz CT molecular complexity index is 70.1. The zero-order valence-electron chi connectivity index (χ0n) is 4.86. The van der Waals surface area contributed by atoms with Crippen LogP contribution in [0.1, 0.15) is 0 Å². The van der Waals surface area contributed by atoms with Crippen LogP contribution in [-0.2, 0) is 4.74 Å². The zero-order chi connectivity index (χ0) is 5.86. The van der Waals surface area contributed by atoms with Crippen molar-refractivity contribution >= 4 is 6.02 Å². The first kappa shape index (κ1) is 6.27. The molecule has 0 amide bonds. The Morgan fingerprint density at radius 1 is 1.57 bits per heavy atom. The summed E-state index contributed by atoms with van der Waals surface area (Å²) >= 11 is 0. The van der Waals surface area contributed by atoms with E-state index in [4.69, 9.17) is 5.41 Å². The van der Waals surface area contributed by atoms with Gasteiger partial charge in [0.2, 0.25) is 0 Å². The van der Waals surface area contributed by atoms with Crippen molar-refractivity contribution in [1.82, 2.24) is 4.90 Å². The van der Waals surface area contributed by atoms with Gasteiger partial charge in [-0.3, -0.25) is 5.41 Å². The van der Waals surface area contributed by atoms with E-state index in [-0.39, 0.29) is 6.02 Å². The van der Waals surface area contributed by atoms with Crippen molar-refractivity contribution in [2.24, 2.45) is 0 Å². The van der Waals surface area contributed by atoms with Gasteiger partial charge >= 0.3 is 0 Å². The van der Waals surface area contributed by atoms with Crippen LogP contribution >= 0.6 is 0 Å². The van der Waals surface area contributed by atoms with Gasteiger partial charge in [0.25, 0.3) is 6.02 Å². The van der Waals surface area contributed by atoms with Crippen molar-refractivity contribution in [2.75, 3.05) is 21.2 Å². The first-order valence-electron chi connectivity index (χ1n) is 1.98. The van der Waals surface area contributed by atoms with E-state index < -0.39 is 0 Å². The predicted molar refractivity (Wildman–Crippen MR) is 28.4 cm³/mol. The van der Waals surface area contributed by atoms with Crippen molar-refractivity contribution in [2.45, 2.75) is 0 Å². The van der Waals surface area contributed by atoms with Gasteiger partial charge in [-0.2, -0.15) is 0 Å². The summed E-state index contributed by atoms with van der Waals surface area (Å²) in [5.74, 6) is 0. The minimum absolute atomic E-state index is 0.181. The number of nitrogens with one attached hydrogen (secondary N) is 1. The molecule has 0 saturated heterocycles. The number of amidine groups is 1. The fraction of sp³-hybridized carbons (Fsp3) is 0.750. The van der Waals surface area contributed by atoms with E-state index >= 15 is 0 Å². The third kappa shape index (κ3) is 2.03.